The van der Waals surface area contributed by atoms with Crippen molar-refractivity contribution in [3.63, 3.8) is 0 Å². The van der Waals surface area contributed by atoms with E-state index in [2.05, 4.69) is 47.9 Å². The molecule has 0 bridgehead atoms. The van der Waals surface area contributed by atoms with Crippen molar-refractivity contribution in [3.8, 4) is 11.5 Å². The summed E-state index contributed by atoms with van der Waals surface area (Å²) in [5.41, 5.74) is 14.7. The summed E-state index contributed by atoms with van der Waals surface area (Å²) < 4.78 is 0. The van der Waals surface area contributed by atoms with Crippen LogP contribution in [0.15, 0.2) is 127 Å². The summed E-state index contributed by atoms with van der Waals surface area (Å²) in [5.74, 6) is -7.57. The van der Waals surface area contributed by atoms with Crippen LogP contribution in [0.5, 0.6) is 11.5 Å². The molecule has 1 heterocycles. The Labute approximate surface area is 504 Å². The molecule has 1 saturated heterocycles. The number of aromatic hydroxyl groups is 2. The van der Waals surface area contributed by atoms with Gasteiger partial charge in [-0.1, -0.05) is 99.9 Å². The van der Waals surface area contributed by atoms with Gasteiger partial charge in [0.15, 0.2) is 0 Å². The Morgan fingerprint density at radius 2 is 1.14 bits per heavy atom. The molecule has 5 aromatic carbocycles. The first-order valence-corrected chi connectivity index (χ1v) is 30.2. The molecule has 6 rings (SSSR count). The minimum Gasteiger partial charge on any atom is -0.508 e. The number of para-hydroxylation sites is 1. The molecule has 23 nitrogen and oxygen atoms in total. The van der Waals surface area contributed by atoms with Crippen LogP contribution in [0.4, 0.5) is 16.2 Å². The fourth-order valence-electron chi connectivity index (χ4n) is 8.70. The van der Waals surface area contributed by atoms with E-state index < -0.39 is 102 Å². The topological polar surface area (TPSA) is 375 Å². The second kappa shape index (κ2) is 33.2. The number of hydrogen-bond donors (Lipinski definition) is 14. The second-order valence-electron chi connectivity index (χ2n) is 20.1. The maximum atomic E-state index is 14.9. The summed E-state index contributed by atoms with van der Waals surface area (Å²) in [6, 6.07) is 22.7. The summed E-state index contributed by atoms with van der Waals surface area (Å²) in [6.45, 7) is 1.43. The van der Waals surface area contributed by atoms with Crippen molar-refractivity contribution in [1.82, 2.24) is 37.2 Å². The van der Waals surface area contributed by atoms with E-state index in [0.717, 1.165) is 27.2 Å². The van der Waals surface area contributed by atoms with E-state index in [0.29, 0.717) is 39.5 Å². The van der Waals surface area contributed by atoms with Crippen LogP contribution in [0.25, 0.3) is 0 Å². The maximum Gasteiger partial charge on any atom is 0.323 e. The fraction of sp³-hybridized carbons (Fsp3) is 0.339. The third-order valence-corrected chi connectivity index (χ3v) is 16.1. The highest BCUT2D eigenvalue weighted by molar-refractivity contribution is 8.76. The lowest BCUT2D eigenvalue weighted by Gasteiger charge is -2.29. The fourth-order valence-corrected chi connectivity index (χ4v) is 11.2. The molecule has 0 spiro atoms. The van der Waals surface area contributed by atoms with E-state index in [1.54, 1.807) is 78.9 Å². The van der Waals surface area contributed by atoms with Gasteiger partial charge in [-0.25, -0.2) is 4.79 Å². The molecule has 16 N–H and O–H groups in total. The number of aliphatic hydroxyl groups excluding tert-OH is 1. The van der Waals surface area contributed by atoms with Crippen LogP contribution in [-0.4, -0.2) is 135 Å². The number of halogens is 1. The molecule has 0 unspecified atom stereocenters. The first kappa shape index (κ1) is 65.8. The standard InChI is InChI=1S/C59H70ClN11O12S2/c1-34(72)51-58(82)70-49(57(81)67-45(52(62)76)29-37-14-23-42(73)24-15-37)33-85-84-32-48(65-50(75)27-18-35-10-19-39(60)20-11-35)56(80)69-47(31-38-16-25-43(74)26-17-38)55(79)68-46(54(78)66-44(53(77)71-51)9-5-6-28-61)30-36-12-21-41(22-13-36)64-59(83)63-40-7-3-2-4-8-40/h2-4,7-8,10-17,19-26,34,44-49,51,72-74H,5-6,9,18,27-33,61H2,1H3,(H2,62,76)(H,65,75)(H,66,78)(H,67,81)(H,68,79)(H,69,80)(H,70,82)(H,71,77)(H2,63,64,83)/t34-,44+,45-,46-,47+,48-,49+,51+/m1/s1. The van der Waals surface area contributed by atoms with Crippen molar-refractivity contribution in [1.29, 1.82) is 0 Å². The molecule has 85 heavy (non-hydrogen) atoms. The Morgan fingerprint density at radius 3 is 1.72 bits per heavy atom. The van der Waals surface area contributed by atoms with Crippen molar-refractivity contribution in [3.05, 3.63) is 155 Å². The van der Waals surface area contributed by atoms with Gasteiger partial charge in [-0.15, -0.1) is 0 Å². The number of nitrogens with one attached hydrogen (secondary N) is 9. The van der Waals surface area contributed by atoms with Gasteiger partial charge >= 0.3 is 6.03 Å². The van der Waals surface area contributed by atoms with E-state index in [4.69, 9.17) is 23.1 Å². The smallest absolute Gasteiger partial charge is 0.323 e. The summed E-state index contributed by atoms with van der Waals surface area (Å²) in [6.07, 6.45) is -1.33. The minimum atomic E-state index is -1.75. The average Bonchev–Trinajstić information content (AvgIpc) is 3.66. The van der Waals surface area contributed by atoms with E-state index in [1.165, 1.54) is 55.5 Å². The quantitative estimate of drug-likeness (QED) is 0.0394. The van der Waals surface area contributed by atoms with Crippen LogP contribution >= 0.6 is 33.2 Å². The first-order chi connectivity index (χ1) is 40.7. The SMILES string of the molecule is C[C@@H](O)[C@@H]1NC(=O)[C@H](CCCCN)NC(=O)[C@@H](Cc2ccc(NC(=O)Nc3ccccc3)cc2)NC(=O)[C@H](Cc2ccc(O)cc2)NC(=O)[C@H](NC(=O)CCc2ccc(Cl)cc2)CSSC[C@@H](C(=O)N[C@H](Cc2ccc(O)cc2)C(N)=O)NC1=O. The number of anilines is 2. The third kappa shape index (κ3) is 22.0. The van der Waals surface area contributed by atoms with Crippen LogP contribution in [0.1, 0.15) is 54.9 Å². The highest BCUT2D eigenvalue weighted by Crippen LogP contribution is 2.25. The lowest BCUT2D eigenvalue weighted by atomic mass is 10.0. The zero-order valence-corrected chi connectivity index (χ0v) is 48.8. The molecule has 0 aromatic heterocycles. The van der Waals surface area contributed by atoms with Crippen molar-refractivity contribution in [2.75, 3.05) is 28.7 Å². The zero-order valence-electron chi connectivity index (χ0n) is 46.4. The summed E-state index contributed by atoms with van der Waals surface area (Å²) in [7, 11) is 1.98. The molecule has 0 radical (unpaired) electrons. The molecular weight excluding hydrogens is 1150 g/mol. The van der Waals surface area contributed by atoms with Gasteiger partial charge in [0, 0.05) is 53.6 Å². The van der Waals surface area contributed by atoms with Gasteiger partial charge in [0.1, 0.15) is 53.8 Å². The average molecular weight is 1220 g/mol. The summed E-state index contributed by atoms with van der Waals surface area (Å²) in [4.78, 5) is 127. The van der Waals surface area contributed by atoms with Gasteiger partial charge in [0.05, 0.1) is 6.10 Å². The van der Waals surface area contributed by atoms with Crippen LogP contribution in [0.2, 0.25) is 5.02 Å². The number of unbranched alkanes of at least 4 members (excludes halogenated alkanes) is 1. The van der Waals surface area contributed by atoms with E-state index in [-0.39, 0.29) is 74.5 Å². The number of aliphatic hydroxyl groups is 1. The number of carbonyl (C=O) groups excluding carboxylic acids is 9. The summed E-state index contributed by atoms with van der Waals surface area (Å²) >= 11 is 6.09. The van der Waals surface area contributed by atoms with Gasteiger partial charge in [-0.2, -0.15) is 0 Å². The van der Waals surface area contributed by atoms with Gasteiger partial charge in [0.2, 0.25) is 47.3 Å². The first-order valence-electron chi connectivity index (χ1n) is 27.3. The van der Waals surface area contributed by atoms with Crippen LogP contribution < -0.4 is 59.3 Å². The highest BCUT2D eigenvalue weighted by Gasteiger charge is 2.36. The zero-order chi connectivity index (χ0) is 61.4. The van der Waals surface area contributed by atoms with E-state index >= 15 is 0 Å². The predicted octanol–water partition coefficient (Wildman–Crippen LogP) is 2.84. The van der Waals surface area contributed by atoms with Crippen molar-refractivity contribution in [2.45, 2.75) is 107 Å². The van der Waals surface area contributed by atoms with Crippen molar-refractivity contribution in [2.24, 2.45) is 11.5 Å². The number of amides is 10. The number of urea groups is 1. The van der Waals surface area contributed by atoms with Crippen molar-refractivity contribution >= 4 is 97.9 Å². The molecule has 10 amide bonds. The number of benzene rings is 5. The molecule has 8 atom stereocenters. The Hall–Kier alpha value is -8.36. The van der Waals surface area contributed by atoms with Gasteiger partial charge < -0.3 is 74.6 Å². The number of phenolic OH excluding ortho intramolecular Hbond substituents is 2. The molecule has 5 aromatic rings. The lowest BCUT2D eigenvalue weighted by molar-refractivity contribution is -0.136. The molecule has 1 aliphatic heterocycles. The number of primary amides is 1. The largest absolute Gasteiger partial charge is 0.508 e. The lowest BCUT2D eigenvalue weighted by Crippen LogP contribution is -2.62. The molecule has 0 aliphatic carbocycles. The molecule has 1 fully saturated rings. The molecular formula is C59H70ClN11O12S2. The monoisotopic (exact) mass is 1220 g/mol. The van der Waals surface area contributed by atoms with Gasteiger partial charge in [0.25, 0.3) is 0 Å². The number of hydrogen-bond acceptors (Lipinski definition) is 15. The van der Waals surface area contributed by atoms with Gasteiger partial charge in [-0.3, -0.25) is 38.4 Å². The normalized spacial score (nSPS) is 19.9. The summed E-state index contributed by atoms with van der Waals surface area (Å²) in [5, 5.41) is 55.7. The third-order valence-electron chi connectivity index (χ3n) is 13.4. The van der Waals surface area contributed by atoms with E-state index in [1.807, 2.05) is 0 Å². The Kier molecular flexibility index (Phi) is 25.7. The van der Waals surface area contributed by atoms with Crippen LogP contribution in [0.3, 0.4) is 0 Å². The number of carbonyl (C=O) groups is 9. The Bertz CT molecular complexity index is 3080. The highest BCUT2D eigenvalue weighted by atomic mass is 35.5. The molecule has 452 valence electrons. The van der Waals surface area contributed by atoms with Crippen molar-refractivity contribution < 1.29 is 58.5 Å². The Morgan fingerprint density at radius 1 is 0.624 bits per heavy atom. The molecule has 1 aliphatic rings. The molecule has 26 heteroatoms. The molecule has 0 saturated carbocycles. The van der Waals surface area contributed by atoms with Gasteiger partial charge in [-0.05, 0) is 122 Å². The minimum absolute atomic E-state index is 0.0459. The number of phenols is 2. The van der Waals surface area contributed by atoms with E-state index in [9.17, 15) is 58.5 Å². The van der Waals surface area contributed by atoms with Crippen LogP contribution in [-0.2, 0) is 64.0 Å². The van der Waals surface area contributed by atoms with Crippen LogP contribution in [0, 0.1) is 0 Å². The number of rotatable bonds is 20. The maximum absolute atomic E-state index is 14.9. The second-order valence-corrected chi connectivity index (χ2v) is 23.1. The Balaban J connectivity index is 1.37. The number of nitrogens with two attached hydrogens (primary N) is 2. The number of aryl methyl sites for hydroxylation is 1. The predicted molar refractivity (Wildman–Crippen MR) is 325 cm³/mol.